The first-order valence-corrected chi connectivity index (χ1v) is 11.4. The summed E-state index contributed by atoms with van der Waals surface area (Å²) >= 11 is 0. The molecule has 3 aromatic carbocycles. The Kier molecular flexibility index (Phi) is 3.74. The van der Waals surface area contributed by atoms with Crippen molar-refractivity contribution in [1.29, 1.82) is 0 Å². The van der Waals surface area contributed by atoms with Gasteiger partial charge in [-0.05, 0) is 42.2 Å². The molecule has 3 aliphatic rings. The monoisotopic (exact) mass is 418 g/mol. The highest BCUT2D eigenvalue weighted by Gasteiger charge is 2.78. The first kappa shape index (κ1) is 19.4. The van der Waals surface area contributed by atoms with Gasteiger partial charge >= 0.3 is 0 Å². The number of ketones is 2. The number of allylic oxidation sites excluding steroid dienone is 2. The third kappa shape index (κ3) is 1.89. The fourth-order valence-electron chi connectivity index (χ4n) is 7.90. The van der Waals surface area contributed by atoms with Gasteiger partial charge in [-0.3, -0.25) is 9.59 Å². The zero-order chi connectivity index (χ0) is 22.3. The first-order chi connectivity index (χ1) is 15.4. The van der Waals surface area contributed by atoms with Gasteiger partial charge in [0, 0.05) is 16.7 Å². The minimum absolute atomic E-state index is 0.0836. The van der Waals surface area contributed by atoms with Crippen molar-refractivity contribution in [3.63, 3.8) is 0 Å². The second-order valence-corrected chi connectivity index (χ2v) is 10.0. The molecule has 1 saturated carbocycles. The molecule has 3 aromatic rings. The van der Waals surface area contributed by atoms with Crippen LogP contribution in [0, 0.1) is 11.3 Å². The lowest BCUT2D eigenvalue weighted by molar-refractivity contribution is -0.129. The van der Waals surface area contributed by atoms with Crippen molar-refractivity contribution in [3.05, 3.63) is 119 Å². The summed E-state index contributed by atoms with van der Waals surface area (Å²) in [5.41, 5.74) is 3.33. The van der Waals surface area contributed by atoms with E-state index >= 15 is 0 Å². The molecule has 0 radical (unpaired) electrons. The number of carbonyl (C=O) groups excluding carboxylic acids is 2. The number of fused-ring (bicyclic) bond motifs is 3. The average Bonchev–Trinajstić information content (AvgIpc) is 2.96. The molecule has 2 heteroatoms. The highest BCUT2D eigenvalue weighted by atomic mass is 16.1. The van der Waals surface area contributed by atoms with Gasteiger partial charge in [-0.25, -0.2) is 0 Å². The Labute approximate surface area is 189 Å². The van der Waals surface area contributed by atoms with Crippen molar-refractivity contribution in [2.24, 2.45) is 11.3 Å². The van der Waals surface area contributed by atoms with Crippen molar-refractivity contribution in [1.82, 2.24) is 0 Å². The number of rotatable bonds is 2. The number of benzene rings is 3. The molecule has 2 nitrogen and oxygen atoms in total. The topological polar surface area (TPSA) is 34.1 Å². The molecule has 32 heavy (non-hydrogen) atoms. The molecular weight excluding hydrogens is 392 g/mol. The van der Waals surface area contributed by atoms with E-state index in [1.165, 1.54) is 5.56 Å². The second kappa shape index (κ2) is 6.16. The molecule has 0 aliphatic heterocycles. The van der Waals surface area contributed by atoms with Crippen LogP contribution < -0.4 is 0 Å². The van der Waals surface area contributed by atoms with Gasteiger partial charge in [0.25, 0.3) is 0 Å². The Bertz CT molecular complexity index is 1300. The maximum absolute atomic E-state index is 14.5. The van der Waals surface area contributed by atoms with Crippen molar-refractivity contribution >= 4 is 11.6 Å². The van der Waals surface area contributed by atoms with Crippen molar-refractivity contribution in [2.45, 2.75) is 37.5 Å². The molecule has 0 amide bonds. The number of hydrogen-bond donors (Lipinski definition) is 0. The minimum Gasteiger partial charge on any atom is -0.298 e. The quantitative estimate of drug-likeness (QED) is 0.530. The molecule has 5 atom stereocenters. The Balaban J connectivity index is 1.84. The summed E-state index contributed by atoms with van der Waals surface area (Å²) < 4.78 is 0. The smallest absolute Gasteiger partial charge is 0.160 e. The lowest BCUT2D eigenvalue weighted by Gasteiger charge is -2.60. The maximum atomic E-state index is 14.5. The minimum atomic E-state index is -0.849. The molecular formula is C30H26O2. The fraction of sp³-hybridized carbons (Fsp3) is 0.267. The molecule has 158 valence electrons. The van der Waals surface area contributed by atoms with E-state index in [0.717, 1.165) is 22.3 Å². The molecule has 6 rings (SSSR count). The lowest BCUT2D eigenvalue weighted by atomic mass is 9.40. The summed E-state index contributed by atoms with van der Waals surface area (Å²) in [4.78, 5) is 28.2. The molecule has 0 spiro atoms. The Morgan fingerprint density at radius 3 is 1.94 bits per heavy atom. The largest absolute Gasteiger partial charge is 0.298 e. The fourth-order valence-corrected chi connectivity index (χ4v) is 7.90. The standard InChI is InChI=1S/C30H26O2/c1-19-18-24(31)26-28(2)22-16-10-11-17-23(22)30(19,21-14-8-5-9-15-21)29(26,3)25(27(28)32)20-12-6-4-7-13-20/h4-18,25-26H,1-3H3/t25-,26+,28-,29-,30+/m1/s1. The molecule has 0 N–H and O–H groups in total. The Morgan fingerprint density at radius 1 is 0.719 bits per heavy atom. The zero-order valence-corrected chi connectivity index (χ0v) is 18.6. The van der Waals surface area contributed by atoms with Gasteiger partial charge in [0.1, 0.15) is 0 Å². The van der Waals surface area contributed by atoms with Crippen LogP contribution in [0.2, 0.25) is 0 Å². The van der Waals surface area contributed by atoms with E-state index in [1.54, 1.807) is 0 Å². The average molecular weight is 419 g/mol. The highest BCUT2D eigenvalue weighted by molar-refractivity contribution is 6.11. The van der Waals surface area contributed by atoms with Gasteiger partial charge in [0.05, 0.1) is 11.3 Å². The van der Waals surface area contributed by atoms with Crippen LogP contribution in [0.5, 0.6) is 0 Å². The molecule has 0 heterocycles. The van der Waals surface area contributed by atoms with Gasteiger partial charge < -0.3 is 0 Å². The van der Waals surface area contributed by atoms with E-state index < -0.39 is 22.2 Å². The van der Waals surface area contributed by atoms with Crippen molar-refractivity contribution in [2.75, 3.05) is 0 Å². The molecule has 4 bridgehead atoms. The molecule has 0 aromatic heterocycles. The molecule has 0 unspecified atom stereocenters. The number of Topliss-reactive ketones (excluding diaryl/α,β-unsaturated/α-hetero) is 1. The predicted octanol–water partition coefficient (Wildman–Crippen LogP) is 5.76. The molecule has 3 aliphatic carbocycles. The second-order valence-electron chi connectivity index (χ2n) is 10.0. The van der Waals surface area contributed by atoms with Crippen LogP contribution >= 0.6 is 0 Å². The van der Waals surface area contributed by atoms with Crippen LogP contribution in [-0.2, 0) is 20.4 Å². The van der Waals surface area contributed by atoms with E-state index in [4.69, 9.17) is 0 Å². The predicted molar refractivity (Wildman–Crippen MR) is 126 cm³/mol. The van der Waals surface area contributed by atoms with Crippen molar-refractivity contribution in [3.8, 4) is 0 Å². The van der Waals surface area contributed by atoms with Crippen LogP contribution in [0.4, 0.5) is 0 Å². The van der Waals surface area contributed by atoms with E-state index in [2.05, 4.69) is 68.4 Å². The highest BCUT2D eigenvalue weighted by Crippen LogP contribution is 2.75. The molecule has 1 fully saturated rings. The van der Waals surface area contributed by atoms with E-state index in [1.807, 2.05) is 43.3 Å². The SMILES string of the molecule is CC1=CC(=O)[C@@H]2[C@@]3(C)[C@H](c4ccccc4)C(=O)[C@]2(C)c2ccccc2[C@@]13c1ccccc1. The van der Waals surface area contributed by atoms with E-state index in [0.29, 0.717) is 0 Å². The van der Waals surface area contributed by atoms with Gasteiger partial charge in [0.2, 0.25) is 0 Å². The Morgan fingerprint density at radius 2 is 1.28 bits per heavy atom. The van der Waals surface area contributed by atoms with Crippen molar-refractivity contribution < 1.29 is 9.59 Å². The van der Waals surface area contributed by atoms with Crippen LogP contribution in [0.25, 0.3) is 0 Å². The molecule has 0 saturated heterocycles. The summed E-state index contributed by atoms with van der Waals surface area (Å²) in [5, 5.41) is 0. The third-order valence-electron chi connectivity index (χ3n) is 8.82. The third-order valence-corrected chi connectivity index (χ3v) is 8.82. The zero-order valence-electron chi connectivity index (χ0n) is 18.6. The summed E-state index contributed by atoms with van der Waals surface area (Å²) in [6.45, 7) is 6.30. The van der Waals surface area contributed by atoms with Crippen LogP contribution in [0.1, 0.15) is 48.9 Å². The van der Waals surface area contributed by atoms with Gasteiger partial charge in [-0.1, -0.05) is 97.4 Å². The van der Waals surface area contributed by atoms with Crippen LogP contribution in [0.3, 0.4) is 0 Å². The van der Waals surface area contributed by atoms with Crippen LogP contribution in [0.15, 0.2) is 96.6 Å². The maximum Gasteiger partial charge on any atom is 0.160 e. The lowest BCUT2D eigenvalue weighted by Crippen LogP contribution is -2.61. The van der Waals surface area contributed by atoms with E-state index in [9.17, 15) is 9.59 Å². The van der Waals surface area contributed by atoms with Crippen LogP contribution in [-0.4, -0.2) is 11.6 Å². The van der Waals surface area contributed by atoms with Gasteiger partial charge in [-0.15, -0.1) is 0 Å². The number of hydrogen-bond acceptors (Lipinski definition) is 2. The van der Waals surface area contributed by atoms with Gasteiger partial charge in [-0.2, -0.15) is 0 Å². The first-order valence-electron chi connectivity index (χ1n) is 11.4. The Hall–Kier alpha value is -3.26. The van der Waals surface area contributed by atoms with Gasteiger partial charge in [0.15, 0.2) is 11.6 Å². The normalized spacial score (nSPS) is 34.8. The summed E-state index contributed by atoms with van der Waals surface area (Å²) in [5.74, 6) is -0.538. The summed E-state index contributed by atoms with van der Waals surface area (Å²) in [7, 11) is 0. The van der Waals surface area contributed by atoms with E-state index in [-0.39, 0.29) is 17.5 Å². The summed E-state index contributed by atoms with van der Waals surface area (Å²) in [6.07, 6.45) is 1.83. The summed E-state index contributed by atoms with van der Waals surface area (Å²) in [6, 6.07) is 28.9. The number of carbonyl (C=O) groups is 2.